The highest BCUT2D eigenvalue weighted by Crippen LogP contribution is 2.23. The molecule has 1 amide bonds. The number of carbonyl (C=O) groups excluding carboxylic acids is 1. The number of fused-ring (bicyclic) bond motifs is 1. The van der Waals surface area contributed by atoms with Crippen LogP contribution in [-0.2, 0) is 0 Å². The van der Waals surface area contributed by atoms with Crippen molar-refractivity contribution >= 4 is 24.0 Å². The number of benzene rings is 2. The quantitative estimate of drug-likeness (QED) is 0.679. The smallest absolute Gasteiger partial charge is 0.405 e. The lowest BCUT2D eigenvalue weighted by atomic mass is 9.63. The fraction of sp³-hybridized carbons (Fsp3) is 0.0625. The van der Waals surface area contributed by atoms with Crippen molar-refractivity contribution in [3.05, 3.63) is 72.8 Å². The number of nitrogens with zero attached hydrogens (tertiary/aromatic N) is 1. The molecule has 0 unspecified atom stereocenters. The van der Waals surface area contributed by atoms with Gasteiger partial charge in [0.2, 0.25) is 5.91 Å². The molecule has 0 spiro atoms. The molecule has 0 fully saturated rings. The van der Waals surface area contributed by atoms with Crippen molar-refractivity contribution in [3.8, 4) is 0 Å². The van der Waals surface area contributed by atoms with Crippen LogP contribution >= 0.6 is 0 Å². The van der Waals surface area contributed by atoms with Gasteiger partial charge < -0.3 is 10.0 Å². The lowest BCUT2D eigenvalue weighted by Gasteiger charge is -2.34. The molecule has 4 heteroatoms. The van der Waals surface area contributed by atoms with Gasteiger partial charge in [-0.25, -0.2) is 0 Å². The monoisotopic (exact) mass is 262 g/mol. The van der Waals surface area contributed by atoms with Gasteiger partial charge in [0.05, 0.1) is 5.56 Å². The zero-order valence-corrected chi connectivity index (χ0v) is 11.1. The molecule has 0 aromatic heterocycles. The second kappa shape index (κ2) is 5.25. The average molecular weight is 262 g/mol. The predicted molar refractivity (Wildman–Crippen MR) is 83.1 cm³/mol. The number of amides is 1. The molecule has 0 bridgehead atoms. The van der Waals surface area contributed by atoms with Gasteiger partial charge in [-0.1, -0.05) is 48.5 Å². The molecule has 1 aliphatic rings. The molecule has 2 aromatic carbocycles. The summed E-state index contributed by atoms with van der Waals surface area (Å²) >= 11 is 0. The van der Waals surface area contributed by atoms with Gasteiger partial charge >= 0.3 is 6.98 Å². The molecule has 0 saturated carbocycles. The minimum Gasteiger partial charge on any atom is -0.405 e. The summed E-state index contributed by atoms with van der Waals surface area (Å²) in [4.78, 5) is 14.4. The number of para-hydroxylation sites is 1. The highest BCUT2D eigenvalue weighted by Gasteiger charge is 2.36. The van der Waals surface area contributed by atoms with Crippen LogP contribution < -0.4 is 10.7 Å². The Labute approximate surface area is 119 Å². The number of rotatable bonds is 3. The molecule has 1 aliphatic heterocycles. The van der Waals surface area contributed by atoms with Crippen LogP contribution in [0.2, 0.25) is 0 Å². The van der Waals surface area contributed by atoms with Gasteiger partial charge in [0.15, 0.2) is 0 Å². The molecule has 3 rings (SSSR count). The maximum atomic E-state index is 12.6. The van der Waals surface area contributed by atoms with Gasteiger partial charge in [-0.15, -0.1) is 6.58 Å². The molecule has 0 radical (unpaired) electrons. The molecule has 2 aromatic rings. The standard InChI is InChI=1S/C16H15BN2O/c1-2-12-19-16(20)14-10-6-7-11-15(14)18-17(19)13-8-4-3-5-9-13/h2-11,18H,1,12H2. The Hall–Kier alpha value is -2.49. The third-order valence-electron chi connectivity index (χ3n) is 3.46. The SMILES string of the molecule is C=CCN1B(c2ccccc2)Nc2ccccc2C1=O. The van der Waals surface area contributed by atoms with Crippen LogP contribution in [0.1, 0.15) is 10.4 Å². The van der Waals surface area contributed by atoms with Gasteiger partial charge in [-0.3, -0.25) is 4.79 Å². The zero-order valence-electron chi connectivity index (χ0n) is 11.1. The number of hydrogen-bond donors (Lipinski definition) is 1. The van der Waals surface area contributed by atoms with Crippen molar-refractivity contribution in [2.45, 2.75) is 0 Å². The van der Waals surface area contributed by atoms with Gasteiger partial charge in [0.1, 0.15) is 0 Å². The molecule has 0 aliphatic carbocycles. The third kappa shape index (κ3) is 2.09. The van der Waals surface area contributed by atoms with Crippen molar-refractivity contribution in [1.82, 2.24) is 4.81 Å². The van der Waals surface area contributed by atoms with E-state index in [1.54, 1.807) is 10.9 Å². The van der Waals surface area contributed by atoms with Crippen LogP contribution in [0.15, 0.2) is 67.3 Å². The maximum Gasteiger partial charge on any atom is 0.411 e. The second-order valence-electron chi connectivity index (χ2n) is 4.75. The Morgan fingerprint density at radius 3 is 2.55 bits per heavy atom. The van der Waals surface area contributed by atoms with Gasteiger partial charge in [-0.2, -0.15) is 0 Å². The molecular weight excluding hydrogens is 247 g/mol. The van der Waals surface area contributed by atoms with Crippen molar-refractivity contribution < 1.29 is 4.79 Å². The summed E-state index contributed by atoms with van der Waals surface area (Å²) < 4.78 is 0. The van der Waals surface area contributed by atoms with Crippen molar-refractivity contribution in [1.29, 1.82) is 0 Å². The first kappa shape index (κ1) is 12.5. The van der Waals surface area contributed by atoms with Crippen molar-refractivity contribution in [2.75, 3.05) is 11.8 Å². The molecule has 20 heavy (non-hydrogen) atoms. The molecular formula is C16H15BN2O. The van der Waals surface area contributed by atoms with E-state index in [1.807, 2.05) is 54.6 Å². The second-order valence-corrected chi connectivity index (χ2v) is 4.75. The van der Waals surface area contributed by atoms with E-state index in [2.05, 4.69) is 11.8 Å². The minimum atomic E-state index is -0.156. The lowest BCUT2D eigenvalue weighted by Crippen LogP contribution is -2.59. The maximum absolute atomic E-state index is 12.6. The van der Waals surface area contributed by atoms with Crippen LogP contribution in [0.4, 0.5) is 5.69 Å². The van der Waals surface area contributed by atoms with Crippen LogP contribution in [0, 0.1) is 0 Å². The van der Waals surface area contributed by atoms with E-state index in [0.717, 1.165) is 11.2 Å². The van der Waals surface area contributed by atoms with Crippen LogP contribution in [0.3, 0.4) is 0 Å². The Morgan fingerprint density at radius 1 is 1.10 bits per heavy atom. The predicted octanol–water partition coefficient (Wildman–Crippen LogP) is 2.14. The van der Waals surface area contributed by atoms with E-state index in [4.69, 9.17) is 0 Å². The van der Waals surface area contributed by atoms with Gasteiger partial charge in [0.25, 0.3) is 0 Å². The fourth-order valence-corrected chi connectivity index (χ4v) is 2.52. The van der Waals surface area contributed by atoms with E-state index in [9.17, 15) is 4.79 Å². The minimum absolute atomic E-state index is 0.0353. The molecule has 0 saturated heterocycles. The Morgan fingerprint density at radius 2 is 1.80 bits per heavy atom. The average Bonchev–Trinajstić information content (AvgIpc) is 2.51. The molecule has 1 N–H and O–H groups in total. The molecule has 1 heterocycles. The number of hydrogen-bond acceptors (Lipinski definition) is 2. The molecule has 98 valence electrons. The normalized spacial score (nSPS) is 13.7. The van der Waals surface area contributed by atoms with E-state index in [0.29, 0.717) is 12.1 Å². The van der Waals surface area contributed by atoms with E-state index < -0.39 is 0 Å². The van der Waals surface area contributed by atoms with Crippen molar-refractivity contribution in [3.63, 3.8) is 0 Å². The number of anilines is 1. The largest absolute Gasteiger partial charge is 0.411 e. The van der Waals surface area contributed by atoms with Crippen LogP contribution in [0.5, 0.6) is 0 Å². The van der Waals surface area contributed by atoms with E-state index in [1.165, 1.54) is 0 Å². The first-order chi connectivity index (χ1) is 9.81. The summed E-state index contributed by atoms with van der Waals surface area (Å²) in [5, 5.41) is 3.44. The highest BCUT2D eigenvalue weighted by molar-refractivity contribution is 6.77. The summed E-state index contributed by atoms with van der Waals surface area (Å²) in [5.74, 6) is 0.0353. The topological polar surface area (TPSA) is 32.3 Å². The van der Waals surface area contributed by atoms with Crippen LogP contribution in [0.25, 0.3) is 0 Å². The summed E-state index contributed by atoms with van der Waals surface area (Å²) in [6.45, 7) is 4.11. The summed E-state index contributed by atoms with van der Waals surface area (Å²) in [6.07, 6.45) is 1.75. The fourth-order valence-electron chi connectivity index (χ4n) is 2.52. The zero-order chi connectivity index (χ0) is 13.9. The first-order valence-electron chi connectivity index (χ1n) is 6.63. The Kier molecular flexibility index (Phi) is 3.29. The lowest BCUT2D eigenvalue weighted by molar-refractivity contribution is 0.0864. The summed E-state index contributed by atoms with van der Waals surface area (Å²) in [6, 6.07) is 17.6. The first-order valence-corrected chi connectivity index (χ1v) is 6.63. The summed E-state index contributed by atoms with van der Waals surface area (Å²) in [7, 11) is 0. The van der Waals surface area contributed by atoms with Gasteiger partial charge in [0, 0.05) is 12.2 Å². The third-order valence-corrected chi connectivity index (χ3v) is 3.46. The Balaban J connectivity index is 2.05. The number of carbonyl (C=O) groups is 1. The Bertz CT molecular complexity index is 642. The van der Waals surface area contributed by atoms with Crippen LogP contribution in [-0.4, -0.2) is 24.2 Å². The number of nitrogens with one attached hydrogen (secondary N) is 1. The van der Waals surface area contributed by atoms with E-state index in [-0.39, 0.29) is 12.9 Å². The highest BCUT2D eigenvalue weighted by atomic mass is 16.2. The van der Waals surface area contributed by atoms with Crippen molar-refractivity contribution in [2.24, 2.45) is 0 Å². The van der Waals surface area contributed by atoms with Gasteiger partial charge in [-0.05, 0) is 17.6 Å². The summed E-state index contributed by atoms with van der Waals surface area (Å²) in [5.41, 5.74) is 2.66. The molecule has 0 atom stereocenters. The molecule has 3 nitrogen and oxygen atoms in total. The van der Waals surface area contributed by atoms with E-state index >= 15 is 0 Å².